The summed E-state index contributed by atoms with van der Waals surface area (Å²) in [6.45, 7) is 2.26. The van der Waals surface area contributed by atoms with Gasteiger partial charge in [0.25, 0.3) is 0 Å². The Balaban J connectivity index is 2.13. The summed E-state index contributed by atoms with van der Waals surface area (Å²) in [5.41, 5.74) is 4.33. The van der Waals surface area contributed by atoms with Crippen molar-refractivity contribution in [3.8, 4) is 11.5 Å². The second-order valence-electron chi connectivity index (χ2n) is 4.16. The lowest BCUT2D eigenvalue weighted by Crippen LogP contribution is -1.95. The molecule has 0 fully saturated rings. The minimum atomic E-state index is -0.0709. The molecule has 21 heavy (non-hydrogen) atoms. The number of anilines is 1. The van der Waals surface area contributed by atoms with Crippen LogP contribution in [0.25, 0.3) is 0 Å². The van der Waals surface area contributed by atoms with E-state index in [1.807, 2.05) is 19.1 Å². The molecule has 0 amide bonds. The average Bonchev–Trinajstić information content (AvgIpc) is 2.44. The number of nitrogens with one attached hydrogen (secondary N) is 1. The summed E-state index contributed by atoms with van der Waals surface area (Å²) < 4.78 is 5.30. The van der Waals surface area contributed by atoms with Gasteiger partial charge in [-0.25, -0.2) is 0 Å². The van der Waals surface area contributed by atoms with Gasteiger partial charge < -0.3 is 9.84 Å². The fourth-order valence-electron chi connectivity index (χ4n) is 1.67. The maximum atomic E-state index is 9.76. The summed E-state index contributed by atoms with van der Waals surface area (Å²) in [6, 6.07) is 10.5. The SMILES string of the molecule is CCOc1cc(C=NNc2cccc(Cl)c2)cc(Cl)c1O. The predicted molar refractivity (Wildman–Crippen MR) is 87.0 cm³/mol. The molecule has 110 valence electrons. The third-order valence-electron chi connectivity index (χ3n) is 2.58. The Morgan fingerprint density at radius 2 is 2.10 bits per heavy atom. The number of phenols is 1. The lowest BCUT2D eigenvalue weighted by atomic mass is 10.2. The standard InChI is InChI=1S/C15H14Cl2N2O2/c1-2-21-14-7-10(6-13(17)15(14)20)9-18-19-12-5-3-4-11(16)8-12/h3-9,19-20H,2H2,1H3. The van der Waals surface area contributed by atoms with E-state index in [0.717, 1.165) is 5.69 Å². The smallest absolute Gasteiger partial charge is 0.176 e. The van der Waals surface area contributed by atoms with Gasteiger partial charge >= 0.3 is 0 Å². The number of nitrogens with zero attached hydrogens (tertiary/aromatic N) is 1. The molecule has 0 aliphatic heterocycles. The first-order valence-corrected chi connectivity index (χ1v) is 7.05. The van der Waals surface area contributed by atoms with Crippen LogP contribution in [0.5, 0.6) is 11.5 Å². The van der Waals surface area contributed by atoms with Crippen molar-refractivity contribution >= 4 is 35.1 Å². The normalized spacial score (nSPS) is 10.8. The molecule has 0 saturated heterocycles. The van der Waals surface area contributed by atoms with Crippen LogP contribution in [0.1, 0.15) is 12.5 Å². The van der Waals surface area contributed by atoms with E-state index in [0.29, 0.717) is 22.9 Å². The summed E-state index contributed by atoms with van der Waals surface area (Å²) in [7, 11) is 0. The maximum absolute atomic E-state index is 9.76. The molecule has 0 radical (unpaired) electrons. The van der Waals surface area contributed by atoms with Gasteiger partial charge in [-0.05, 0) is 42.8 Å². The van der Waals surface area contributed by atoms with Gasteiger partial charge in [-0.1, -0.05) is 29.3 Å². The zero-order chi connectivity index (χ0) is 15.2. The van der Waals surface area contributed by atoms with Gasteiger partial charge in [0.05, 0.1) is 23.5 Å². The predicted octanol–water partition coefficient (Wildman–Crippen LogP) is 4.54. The van der Waals surface area contributed by atoms with E-state index in [-0.39, 0.29) is 10.8 Å². The van der Waals surface area contributed by atoms with Gasteiger partial charge in [0, 0.05) is 5.02 Å². The first-order valence-electron chi connectivity index (χ1n) is 6.30. The Morgan fingerprint density at radius 3 is 2.81 bits per heavy atom. The number of rotatable bonds is 5. The molecule has 0 heterocycles. The number of halogens is 2. The van der Waals surface area contributed by atoms with E-state index in [9.17, 15) is 5.11 Å². The van der Waals surface area contributed by atoms with Crippen molar-refractivity contribution in [2.75, 3.05) is 12.0 Å². The molecule has 0 atom stereocenters. The molecular formula is C15H14Cl2N2O2. The summed E-state index contributed by atoms with van der Waals surface area (Å²) in [4.78, 5) is 0. The average molecular weight is 325 g/mol. The number of benzene rings is 2. The van der Waals surface area contributed by atoms with Crippen molar-refractivity contribution in [3.05, 3.63) is 52.0 Å². The van der Waals surface area contributed by atoms with Crippen molar-refractivity contribution in [1.29, 1.82) is 0 Å². The van der Waals surface area contributed by atoms with Gasteiger partial charge in [-0.15, -0.1) is 0 Å². The van der Waals surface area contributed by atoms with E-state index in [2.05, 4.69) is 10.5 Å². The van der Waals surface area contributed by atoms with E-state index < -0.39 is 0 Å². The highest BCUT2D eigenvalue weighted by Crippen LogP contribution is 2.34. The quantitative estimate of drug-likeness (QED) is 0.627. The van der Waals surface area contributed by atoms with Crippen LogP contribution in [0.4, 0.5) is 5.69 Å². The first-order chi connectivity index (χ1) is 10.1. The highest BCUT2D eigenvalue weighted by Gasteiger charge is 2.08. The second-order valence-corrected chi connectivity index (χ2v) is 5.01. The Labute approximate surface area is 133 Å². The van der Waals surface area contributed by atoms with Crippen LogP contribution < -0.4 is 10.2 Å². The van der Waals surface area contributed by atoms with Crippen LogP contribution in [0.3, 0.4) is 0 Å². The number of ether oxygens (including phenoxy) is 1. The van der Waals surface area contributed by atoms with Gasteiger partial charge in [-0.3, -0.25) is 5.43 Å². The fourth-order valence-corrected chi connectivity index (χ4v) is 2.08. The summed E-state index contributed by atoms with van der Waals surface area (Å²) in [5, 5.41) is 14.7. The van der Waals surface area contributed by atoms with Crippen molar-refractivity contribution in [2.24, 2.45) is 5.10 Å². The molecule has 0 aliphatic carbocycles. The monoisotopic (exact) mass is 324 g/mol. The van der Waals surface area contributed by atoms with Crippen LogP contribution in [-0.2, 0) is 0 Å². The number of hydrogen-bond donors (Lipinski definition) is 2. The number of hydrogen-bond acceptors (Lipinski definition) is 4. The van der Waals surface area contributed by atoms with Crippen LogP contribution >= 0.6 is 23.2 Å². The fraction of sp³-hybridized carbons (Fsp3) is 0.133. The third-order valence-corrected chi connectivity index (χ3v) is 3.11. The van der Waals surface area contributed by atoms with Crippen molar-refractivity contribution in [3.63, 3.8) is 0 Å². The van der Waals surface area contributed by atoms with Crippen LogP contribution in [0.2, 0.25) is 10.0 Å². The molecule has 0 unspecified atom stereocenters. The molecule has 0 bridgehead atoms. The molecule has 0 spiro atoms. The second kappa shape index (κ2) is 7.20. The van der Waals surface area contributed by atoms with E-state index in [1.54, 1.807) is 30.5 Å². The molecule has 0 aliphatic rings. The minimum absolute atomic E-state index is 0.0709. The molecule has 0 aromatic heterocycles. The van der Waals surface area contributed by atoms with Gasteiger partial charge in [0.1, 0.15) is 0 Å². The van der Waals surface area contributed by atoms with Gasteiger partial charge in [-0.2, -0.15) is 5.10 Å². The molecule has 6 heteroatoms. The molecule has 0 saturated carbocycles. The van der Waals surface area contributed by atoms with Crippen molar-refractivity contribution < 1.29 is 9.84 Å². The number of aromatic hydroxyl groups is 1. The number of phenolic OH excluding ortho intramolecular Hbond substituents is 1. The van der Waals surface area contributed by atoms with E-state index in [1.165, 1.54) is 0 Å². The van der Waals surface area contributed by atoms with Crippen molar-refractivity contribution in [1.82, 2.24) is 0 Å². The van der Waals surface area contributed by atoms with Gasteiger partial charge in [0.15, 0.2) is 11.5 Å². The summed E-state index contributed by atoms with van der Waals surface area (Å²) in [6.07, 6.45) is 1.58. The first kappa shape index (κ1) is 15.5. The van der Waals surface area contributed by atoms with E-state index in [4.69, 9.17) is 27.9 Å². The molecule has 2 rings (SSSR count). The Bertz CT molecular complexity index is 660. The summed E-state index contributed by atoms with van der Waals surface area (Å²) in [5.74, 6) is 0.257. The maximum Gasteiger partial charge on any atom is 0.176 e. The lowest BCUT2D eigenvalue weighted by molar-refractivity contribution is 0.318. The van der Waals surface area contributed by atoms with Crippen LogP contribution in [0.15, 0.2) is 41.5 Å². The molecule has 4 nitrogen and oxygen atoms in total. The Kier molecular flexibility index (Phi) is 5.31. The van der Waals surface area contributed by atoms with Crippen LogP contribution in [0, 0.1) is 0 Å². The Morgan fingerprint density at radius 1 is 1.29 bits per heavy atom. The zero-order valence-electron chi connectivity index (χ0n) is 11.3. The third kappa shape index (κ3) is 4.28. The lowest BCUT2D eigenvalue weighted by Gasteiger charge is -2.08. The largest absolute Gasteiger partial charge is 0.503 e. The number of hydrazone groups is 1. The molecular weight excluding hydrogens is 311 g/mol. The zero-order valence-corrected chi connectivity index (χ0v) is 12.8. The Hall–Kier alpha value is -1.91. The molecule has 2 N–H and O–H groups in total. The molecule has 2 aromatic rings. The minimum Gasteiger partial charge on any atom is -0.503 e. The topological polar surface area (TPSA) is 53.8 Å². The van der Waals surface area contributed by atoms with Gasteiger partial charge in [0.2, 0.25) is 0 Å². The molecule has 2 aromatic carbocycles. The summed E-state index contributed by atoms with van der Waals surface area (Å²) >= 11 is 11.8. The van der Waals surface area contributed by atoms with Crippen LogP contribution in [-0.4, -0.2) is 17.9 Å². The highest BCUT2D eigenvalue weighted by molar-refractivity contribution is 6.32. The highest BCUT2D eigenvalue weighted by atomic mass is 35.5. The van der Waals surface area contributed by atoms with E-state index >= 15 is 0 Å². The van der Waals surface area contributed by atoms with Crippen molar-refractivity contribution in [2.45, 2.75) is 6.92 Å².